The van der Waals surface area contributed by atoms with Gasteiger partial charge in [-0.25, -0.2) is 0 Å². The van der Waals surface area contributed by atoms with Gasteiger partial charge in [0.2, 0.25) is 0 Å². The van der Waals surface area contributed by atoms with Gasteiger partial charge in [-0.05, 0) is 24.6 Å². The van der Waals surface area contributed by atoms with Gasteiger partial charge in [0, 0.05) is 12.0 Å². The van der Waals surface area contributed by atoms with Crippen molar-refractivity contribution in [3.8, 4) is 0 Å². The Labute approximate surface area is 85.9 Å². The lowest BCUT2D eigenvalue weighted by molar-refractivity contribution is -0.138. The van der Waals surface area contributed by atoms with Crippen LogP contribution in [0.15, 0.2) is 18.2 Å². The Hall–Kier alpha value is -1.32. The first-order chi connectivity index (χ1) is 6.86. The number of carbonyl (C=O) groups excluding carboxylic acids is 1. The van der Waals surface area contributed by atoms with E-state index in [4.69, 9.17) is 0 Å². The number of hydrogen-bond acceptors (Lipinski definition) is 1. The standard InChI is InChI=1S/C11H11F3O/c1-3-10(15)8-4-5-9(7(2)6-8)11(12,13)14/h4-6H,3H2,1-2H3. The van der Waals surface area contributed by atoms with E-state index in [9.17, 15) is 18.0 Å². The number of alkyl halides is 3. The molecule has 1 aromatic rings. The average molecular weight is 216 g/mol. The molecule has 0 aliphatic rings. The number of halogens is 3. The molecular weight excluding hydrogens is 205 g/mol. The molecular formula is C11H11F3O. The van der Waals surface area contributed by atoms with Crippen LogP contribution in [0.3, 0.4) is 0 Å². The molecule has 4 heteroatoms. The highest BCUT2D eigenvalue weighted by molar-refractivity contribution is 5.96. The summed E-state index contributed by atoms with van der Waals surface area (Å²) in [4.78, 5) is 11.2. The molecule has 0 bridgehead atoms. The molecule has 1 rings (SSSR count). The van der Waals surface area contributed by atoms with Crippen LogP contribution in [0.25, 0.3) is 0 Å². The van der Waals surface area contributed by atoms with Gasteiger partial charge in [-0.1, -0.05) is 13.0 Å². The number of hydrogen-bond donors (Lipinski definition) is 0. The summed E-state index contributed by atoms with van der Waals surface area (Å²) in [6.45, 7) is 3.03. The zero-order valence-electron chi connectivity index (χ0n) is 8.48. The van der Waals surface area contributed by atoms with E-state index < -0.39 is 11.7 Å². The molecule has 0 spiro atoms. The van der Waals surface area contributed by atoms with Crippen LogP contribution >= 0.6 is 0 Å². The maximum Gasteiger partial charge on any atom is 0.416 e. The predicted octanol–water partition coefficient (Wildman–Crippen LogP) is 3.61. The first-order valence-electron chi connectivity index (χ1n) is 4.57. The second kappa shape index (κ2) is 4.04. The van der Waals surface area contributed by atoms with E-state index in [0.29, 0.717) is 12.0 Å². The lowest BCUT2D eigenvalue weighted by Crippen LogP contribution is -2.08. The molecule has 0 aliphatic heterocycles. The molecule has 1 aromatic carbocycles. The summed E-state index contributed by atoms with van der Waals surface area (Å²) >= 11 is 0. The fourth-order valence-corrected chi connectivity index (χ4v) is 1.36. The van der Waals surface area contributed by atoms with Crippen molar-refractivity contribution >= 4 is 5.78 Å². The van der Waals surface area contributed by atoms with E-state index in [0.717, 1.165) is 6.07 Å². The first kappa shape index (κ1) is 11.8. The highest BCUT2D eigenvalue weighted by atomic mass is 19.4. The Balaban J connectivity index is 3.15. The molecule has 15 heavy (non-hydrogen) atoms. The number of Topliss-reactive ketones (excluding diaryl/α,β-unsaturated/α-hetero) is 1. The second-order valence-corrected chi connectivity index (χ2v) is 3.30. The van der Waals surface area contributed by atoms with E-state index >= 15 is 0 Å². The third-order valence-corrected chi connectivity index (χ3v) is 2.17. The highest BCUT2D eigenvalue weighted by Crippen LogP contribution is 2.32. The minimum absolute atomic E-state index is 0.0850. The van der Waals surface area contributed by atoms with Crippen molar-refractivity contribution < 1.29 is 18.0 Å². The topological polar surface area (TPSA) is 17.1 Å². The van der Waals surface area contributed by atoms with Crippen molar-refractivity contribution in [3.63, 3.8) is 0 Å². The maximum atomic E-state index is 12.4. The van der Waals surface area contributed by atoms with Crippen molar-refractivity contribution in [2.45, 2.75) is 26.4 Å². The van der Waals surface area contributed by atoms with Gasteiger partial charge in [0.15, 0.2) is 5.78 Å². The zero-order valence-corrected chi connectivity index (χ0v) is 8.48. The van der Waals surface area contributed by atoms with Crippen LogP contribution in [-0.2, 0) is 6.18 Å². The summed E-state index contributed by atoms with van der Waals surface area (Å²) in [7, 11) is 0. The van der Waals surface area contributed by atoms with E-state index in [1.54, 1.807) is 6.92 Å². The molecule has 1 nitrogen and oxygen atoms in total. The van der Waals surface area contributed by atoms with E-state index in [1.807, 2.05) is 0 Å². The Morgan fingerprint density at radius 2 is 1.93 bits per heavy atom. The van der Waals surface area contributed by atoms with Gasteiger partial charge in [-0.2, -0.15) is 13.2 Å². The quantitative estimate of drug-likeness (QED) is 0.690. The van der Waals surface area contributed by atoms with E-state index in [-0.39, 0.29) is 11.3 Å². The summed E-state index contributed by atoms with van der Waals surface area (Å²) < 4.78 is 37.1. The minimum Gasteiger partial charge on any atom is -0.294 e. The van der Waals surface area contributed by atoms with Crippen molar-refractivity contribution in [2.24, 2.45) is 0 Å². The van der Waals surface area contributed by atoms with E-state index in [2.05, 4.69) is 0 Å². The van der Waals surface area contributed by atoms with Gasteiger partial charge < -0.3 is 0 Å². The fraction of sp³-hybridized carbons (Fsp3) is 0.364. The zero-order chi connectivity index (χ0) is 11.6. The Morgan fingerprint density at radius 3 is 2.33 bits per heavy atom. The highest BCUT2D eigenvalue weighted by Gasteiger charge is 2.32. The number of rotatable bonds is 2. The normalized spacial score (nSPS) is 11.5. The van der Waals surface area contributed by atoms with Gasteiger partial charge in [0.25, 0.3) is 0 Å². The molecule has 82 valence electrons. The van der Waals surface area contributed by atoms with Gasteiger partial charge in [0.1, 0.15) is 0 Å². The van der Waals surface area contributed by atoms with Crippen molar-refractivity contribution in [2.75, 3.05) is 0 Å². The third-order valence-electron chi connectivity index (χ3n) is 2.17. The lowest BCUT2D eigenvalue weighted by Gasteiger charge is -2.10. The Kier molecular flexibility index (Phi) is 3.17. The monoisotopic (exact) mass is 216 g/mol. The summed E-state index contributed by atoms with van der Waals surface area (Å²) in [5, 5.41) is 0. The largest absolute Gasteiger partial charge is 0.416 e. The number of benzene rings is 1. The van der Waals surface area contributed by atoms with Crippen LogP contribution < -0.4 is 0 Å². The Bertz CT molecular complexity index is 380. The van der Waals surface area contributed by atoms with Crippen LogP contribution in [0.4, 0.5) is 13.2 Å². The van der Waals surface area contributed by atoms with E-state index in [1.165, 1.54) is 19.1 Å². The minimum atomic E-state index is -4.35. The smallest absolute Gasteiger partial charge is 0.294 e. The maximum absolute atomic E-state index is 12.4. The lowest BCUT2D eigenvalue weighted by atomic mass is 10.0. The van der Waals surface area contributed by atoms with Crippen LogP contribution in [0.1, 0.15) is 34.8 Å². The molecule has 0 aromatic heterocycles. The molecule has 0 heterocycles. The predicted molar refractivity (Wildman–Crippen MR) is 50.8 cm³/mol. The number of carbonyl (C=O) groups is 1. The van der Waals surface area contributed by atoms with Crippen molar-refractivity contribution in [1.82, 2.24) is 0 Å². The number of ketones is 1. The molecule has 0 unspecified atom stereocenters. The second-order valence-electron chi connectivity index (χ2n) is 3.30. The summed E-state index contributed by atoms with van der Waals surface area (Å²) in [6, 6.07) is 3.47. The van der Waals surface area contributed by atoms with Crippen LogP contribution in [-0.4, -0.2) is 5.78 Å². The van der Waals surface area contributed by atoms with Crippen molar-refractivity contribution in [3.05, 3.63) is 34.9 Å². The van der Waals surface area contributed by atoms with Crippen LogP contribution in [0, 0.1) is 6.92 Å². The summed E-state index contributed by atoms with van der Waals surface area (Å²) in [5.41, 5.74) is -0.264. The molecule has 0 aliphatic carbocycles. The molecule has 0 saturated heterocycles. The molecule has 0 amide bonds. The SMILES string of the molecule is CCC(=O)c1ccc(C(F)(F)F)c(C)c1. The first-order valence-corrected chi connectivity index (χ1v) is 4.57. The van der Waals surface area contributed by atoms with Crippen molar-refractivity contribution in [1.29, 1.82) is 0 Å². The number of aryl methyl sites for hydroxylation is 1. The third kappa shape index (κ3) is 2.58. The summed E-state index contributed by atoms with van der Waals surface area (Å²) in [5.74, 6) is -0.146. The average Bonchev–Trinajstić information content (AvgIpc) is 2.14. The molecule has 0 saturated carbocycles. The molecule has 0 atom stereocenters. The molecule has 0 radical (unpaired) electrons. The van der Waals surface area contributed by atoms with Gasteiger partial charge in [0.05, 0.1) is 5.56 Å². The van der Waals surface area contributed by atoms with Crippen LogP contribution in [0.2, 0.25) is 0 Å². The molecule has 0 fully saturated rings. The molecule has 0 N–H and O–H groups in total. The Morgan fingerprint density at radius 1 is 1.33 bits per heavy atom. The summed E-state index contributed by atoms with van der Waals surface area (Å²) in [6.07, 6.45) is -4.05. The fourth-order valence-electron chi connectivity index (χ4n) is 1.36. The van der Waals surface area contributed by atoms with Gasteiger partial charge in [-0.15, -0.1) is 0 Å². The van der Waals surface area contributed by atoms with Gasteiger partial charge >= 0.3 is 6.18 Å². The van der Waals surface area contributed by atoms with Crippen LogP contribution in [0.5, 0.6) is 0 Å². The van der Waals surface area contributed by atoms with Gasteiger partial charge in [-0.3, -0.25) is 4.79 Å².